The minimum Gasteiger partial charge on any atom is -0.504 e. The lowest BCUT2D eigenvalue weighted by atomic mass is 9.41. The summed E-state index contributed by atoms with van der Waals surface area (Å²) in [5, 5.41) is 89.1. The van der Waals surface area contributed by atoms with Crippen molar-refractivity contribution < 1.29 is 64.7 Å². The Labute approximate surface area is 297 Å². The molecule has 14 heteroatoms. The SMILES string of the molecule is CC(=O)N[C@H](CC(=O)[C@](C)(O)[C@H]1[C@H](O)C[C@@]2(C)[C@@H]3CCc4c(cc(O[C@@H]5O[C@H](CO)[C@@H](O)[C@H](O)[C@H]5O)c(O)c4C)[C@]3(C)C(=O)C[C@]12C)C(C)(C)O. The van der Waals surface area contributed by atoms with Gasteiger partial charge in [-0.3, -0.25) is 14.4 Å². The number of fused-ring (bicyclic) bond motifs is 5. The molecule has 3 aliphatic carbocycles. The molecule has 0 spiro atoms. The van der Waals surface area contributed by atoms with Crippen molar-refractivity contribution in [1.29, 1.82) is 0 Å². The lowest BCUT2D eigenvalue weighted by molar-refractivity contribution is -0.277. The standard InChI is InChI=1S/C37H55NO13/c1-16-18-9-10-23-34(5)13-20(41)31(37(8,49)25(42)12-24(33(3,4)48)38-17(2)40)35(34,6)14-26(43)36(23,7)19(18)11-21(27(16)44)50-32-30(47)29(46)28(45)22(15-39)51-32/h11,20,22-24,28-32,39,41,44-49H,9-10,12-15H2,1-8H3,(H,38,40)/t20-,22-,23+,24-,28-,29+,30-,31+,32-,34+,35-,36+,37+/m1/s1. The van der Waals surface area contributed by atoms with Gasteiger partial charge in [-0.2, -0.15) is 0 Å². The predicted molar refractivity (Wildman–Crippen MR) is 181 cm³/mol. The van der Waals surface area contributed by atoms with E-state index in [1.165, 1.54) is 33.8 Å². The van der Waals surface area contributed by atoms with Gasteiger partial charge in [0.15, 0.2) is 17.3 Å². The molecule has 2 saturated carbocycles. The summed E-state index contributed by atoms with van der Waals surface area (Å²) in [6, 6.07) is 0.508. The third-order valence-electron chi connectivity index (χ3n) is 13.3. The van der Waals surface area contributed by atoms with E-state index in [4.69, 9.17) is 9.47 Å². The summed E-state index contributed by atoms with van der Waals surface area (Å²) in [6.07, 6.45) is -8.45. The van der Waals surface area contributed by atoms with Gasteiger partial charge in [-0.1, -0.05) is 13.8 Å². The summed E-state index contributed by atoms with van der Waals surface area (Å²) < 4.78 is 11.4. The van der Waals surface area contributed by atoms with Gasteiger partial charge in [-0.25, -0.2) is 0 Å². The molecule has 286 valence electrons. The topological polar surface area (TPSA) is 244 Å². The Morgan fingerprint density at radius 3 is 2.25 bits per heavy atom. The molecule has 0 aromatic heterocycles. The van der Waals surface area contributed by atoms with Crippen LogP contribution in [0.15, 0.2) is 6.07 Å². The second kappa shape index (κ2) is 13.0. The molecule has 1 saturated heterocycles. The Kier molecular flexibility index (Phi) is 10.1. The quantitative estimate of drug-likeness (QED) is 0.164. The van der Waals surface area contributed by atoms with Gasteiger partial charge in [0.25, 0.3) is 0 Å². The maximum atomic E-state index is 14.7. The van der Waals surface area contributed by atoms with E-state index in [1.807, 2.05) is 20.8 Å². The van der Waals surface area contributed by atoms with Crippen LogP contribution < -0.4 is 10.1 Å². The van der Waals surface area contributed by atoms with Gasteiger partial charge in [-0.15, -0.1) is 0 Å². The third kappa shape index (κ3) is 5.99. The molecule has 1 amide bonds. The van der Waals surface area contributed by atoms with Crippen LogP contribution in [0.25, 0.3) is 0 Å². The first-order valence-electron chi connectivity index (χ1n) is 17.7. The first-order valence-corrected chi connectivity index (χ1v) is 17.7. The van der Waals surface area contributed by atoms with E-state index in [0.717, 1.165) is 5.56 Å². The fourth-order valence-electron chi connectivity index (χ4n) is 10.3. The number of phenols is 1. The van der Waals surface area contributed by atoms with E-state index >= 15 is 0 Å². The van der Waals surface area contributed by atoms with Crippen molar-refractivity contribution >= 4 is 17.5 Å². The summed E-state index contributed by atoms with van der Waals surface area (Å²) in [4.78, 5) is 40.5. The van der Waals surface area contributed by atoms with Gasteiger partial charge < -0.3 is 55.6 Å². The van der Waals surface area contributed by atoms with Crippen LogP contribution in [0.1, 0.15) is 90.8 Å². The molecular weight excluding hydrogens is 666 g/mol. The van der Waals surface area contributed by atoms with Crippen molar-refractivity contribution in [3.8, 4) is 11.5 Å². The number of ether oxygens (including phenoxy) is 2. The third-order valence-corrected chi connectivity index (χ3v) is 13.3. The highest BCUT2D eigenvalue weighted by atomic mass is 16.7. The van der Waals surface area contributed by atoms with Gasteiger partial charge in [0, 0.05) is 25.7 Å². The minimum atomic E-state index is -2.14. The number of amides is 1. The molecule has 0 radical (unpaired) electrons. The second-order valence-electron chi connectivity index (χ2n) is 16.8. The average molecular weight is 722 g/mol. The number of aliphatic hydroxyl groups is 7. The maximum absolute atomic E-state index is 14.7. The molecule has 5 rings (SSSR count). The number of hydrogen-bond acceptors (Lipinski definition) is 13. The number of rotatable bonds is 9. The molecule has 51 heavy (non-hydrogen) atoms. The molecule has 0 bridgehead atoms. The summed E-state index contributed by atoms with van der Waals surface area (Å²) in [6.45, 7) is 12.1. The van der Waals surface area contributed by atoms with Crippen LogP contribution in [-0.2, 0) is 31.0 Å². The molecule has 1 aromatic rings. The van der Waals surface area contributed by atoms with Crippen molar-refractivity contribution in [2.45, 2.75) is 147 Å². The summed E-state index contributed by atoms with van der Waals surface area (Å²) in [5.74, 6) is -3.22. The number of phenolic OH excluding ortho intramolecular Hbond substituents is 1. The van der Waals surface area contributed by atoms with Crippen LogP contribution in [0.3, 0.4) is 0 Å². The number of ketones is 2. The van der Waals surface area contributed by atoms with E-state index < -0.39 is 107 Å². The van der Waals surface area contributed by atoms with Gasteiger partial charge in [0.05, 0.1) is 29.8 Å². The van der Waals surface area contributed by atoms with Crippen molar-refractivity contribution in [1.82, 2.24) is 5.32 Å². The Hall–Kier alpha value is -2.69. The van der Waals surface area contributed by atoms with Crippen LogP contribution >= 0.6 is 0 Å². The Morgan fingerprint density at radius 2 is 1.69 bits per heavy atom. The molecule has 0 unspecified atom stereocenters. The van der Waals surface area contributed by atoms with Crippen LogP contribution in [0.4, 0.5) is 0 Å². The highest BCUT2D eigenvalue weighted by molar-refractivity contribution is 5.94. The van der Waals surface area contributed by atoms with Crippen molar-refractivity contribution in [2.75, 3.05) is 6.61 Å². The second-order valence-corrected chi connectivity index (χ2v) is 16.8. The number of aliphatic hydroxyl groups excluding tert-OH is 5. The highest BCUT2D eigenvalue weighted by Crippen LogP contribution is 2.72. The minimum absolute atomic E-state index is 0.107. The van der Waals surface area contributed by atoms with E-state index in [2.05, 4.69) is 5.32 Å². The average Bonchev–Trinajstić information content (AvgIpc) is 3.23. The fraction of sp³-hybridized carbons (Fsp3) is 0.757. The monoisotopic (exact) mass is 721 g/mol. The van der Waals surface area contributed by atoms with Crippen molar-refractivity contribution in [3.63, 3.8) is 0 Å². The Balaban J connectivity index is 1.52. The zero-order valence-corrected chi connectivity index (χ0v) is 30.6. The van der Waals surface area contributed by atoms with Gasteiger partial charge in [-0.05, 0) is 93.4 Å². The number of carbonyl (C=O) groups is 3. The van der Waals surface area contributed by atoms with Gasteiger partial charge in [0.1, 0.15) is 35.8 Å². The smallest absolute Gasteiger partial charge is 0.229 e. The number of carbonyl (C=O) groups excluding carboxylic acids is 3. The number of Topliss-reactive ketones (excluding diaryl/α,β-unsaturated/α-hetero) is 2. The summed E-state index contributed by atoms with van der Waals surface area (Å²) >= 11 is 0. The first kappa shape index (κ1) is 39.5. The van der Waals surface area contributed by atoms with Crippen LogP contribution in [0.5, 0.6) is 11.5 Å². The number of hydrogen-bond donors (Lipinski definition) is 9. The summed E-state index contributed by atoms with van der Waals surface area (Å²) in [5.41, 5.74) is -4.91. The largest absolute Gasteiger partial charge is 0.504 e. The molecule has 9 N–H and O–H groups in total. The van der Waals surface area contributed by atoms with Crippen LogP contribution in [0, 0.1) is 29.6 Å². The van der Waals surface area contributed by atoms with E-state index in [9.17, 15) is 55.2 Å². The summed E-state index contributed by atoms with van der Waals surface area (Å²) in [7, 11) is 0. The number of benzene rings is 1. The van der Waals surface area contributed by atoms with E-state index in [-0.39, 0.29) is 30.1 Å². The Bertz CT molecular complexity index is 1570. The van der Waals surface area contributed by atoms with Gasteiger partial charge in [0.2, 0.25) is 12.2 Å². The maximum Gasteiger partial charge on any atom is 0.229 e. The van der Waals surface area contributed by atoms with Crippen LogP contribution in [-0.4, -0.2) is 119 Å². The first-order chi connectivity index (χ1) is 23.4. The molecular formula is C37H55NO13. The Morgan fingerprint density at radius 1 is 1.06 bits per heavy atom. The van der Waals surface area contributed by atoms with Crippen molar-refractivity contribution in [3.05, 3.63) is 22.8 Å². The molecule has 4 aliphatic rings. The fourth-order valence-corrected chi connectivity index (χ4v) is 10.3. The molecule has 3 fully saturated rings. The lowest BCUT2D eigenvalue weighted by Gasteiger charge is -2.61. The van der Waals surface area contributed by atoms with Crippen LogP contribution in [0.2, 0.25) is 0 Å². The van der Waals surface area contributed by atoms with Gasteiger partial charge >= 0.3 is 0 Å². The molecule has 1 heterocycles. The predicted octanol–water partition coefficient (Wildman–Crippen LogP) is 0.0514. The van der Waals surface area contributed by atoms with E-state index in [1.54, 1.807) is 6.92 Å². The number of nitrogens with one attached hydrogen (secondary N) is 1. The zero-order chi connectivity index (χ0) is 38.4. The molecule has 13 atom stereocenters. The molecule has 1 aromatic carbocycles. The number of aromatic hydroxyl groups is 1. The zero-order valence-electron chi connectivity index (χ0n) is 30.6. The van der Waals surface area contributed by atoms with Crippen molar-refractivity contribution in [2.24, 2.45) is 22.7 Å². The highest BCUT2D eigenvalue weighted by Gasteiger charge is 2.73. The van der Waals surface area contributed by atoms with E-state index in [0.29, 0.717) is 24.0 Å². The molecule has 14 nitrogen and oxygen atoms in total. The lowest BCUT2D eigenvalue weighted by Crippen LogP contribution is -2.64. The normalized spacial score (nSPS) is 39.6. The molecule has 1 aliphatic heterocycles.